The Morgan fingerprint density at radius 2 is 1.86 bits per heavy atom. The summed E-state index contributed by atoms with van der Waals surface area (Å²) < 4.78 is 5.62. The molecule has 5 heteroatoms. The van der Waals surface area contributed by atoms with Crippen LogP contribution in [0.3, 0.4) is 0 Å². The molecule has 0 fully saturated rings. The van der Waals surface area contributed by atoms with Gasteiger partial charge in [-0.15, -0.1) is 0 Å². The molecule has 0 unspecified atom stereocenters. The van der Waals surface area contributed by atoms with E-state index in [0.29, 0.717) is 18.8 Å². The molecular weight excluding hydrogens is 266 g/mol. The number of amides is 1. The maximum atomic E-state index is 11.9. The van der Waals surface area contributed by atoms with Crippen molar-refractivity contribution in [2.24, 2.45) is 0 Å². The van der Waals surface area contributed by atoms with Crippen LogP contribution >= 0.6 is 0 Å². The lowest BCUT2D eigenvalue weighted by Gasteiger charge is -2.08. The number of aromatic amines is 1. The summed E-state index contributed by atoms with van der Waals surface area (Å²) >= 11 is 0. The number of carbonyl (C=O) groups is 1. The molecule has 112 valence electrons. The van der Waals surface area contributed by atoms with Crippen molar-refractivity contribution in [3.8, 4) is 5.75 Å². The van der Waals surface area contributed by atoms with E-state index in [9.17, 15) is 4.79 Å². The van der Waals surface area contributed by atoms with Crippen LogP contribution in [0.25, 0.3) is 0 Å². The van der Waals surface area contributed by atoms with Gasteiger partial charge in [-0.2, -0.15) is 5.10 Å². The smallest absolute Gasteiger partial charge is 0.229 e. The van der Waals surface area contributed by atoms with Crippen molar-refractivity contribution in [3.63, 3.8) is 0 Å². The molecular formula is C16H21N3O2. The Balaban J connectivity index is 1.83. The standard InChI is InChI=1S/C16H21N3O2/c1-10-7-11(2)9-14(8-10)21-6-5-15(20)17-16-12(3)13(4)18-19-16/h7-9H,5-6H2,1-4H3,(H2,17,18,19,20). The van der Waals surface area contributed by atoms with Crippen molar-refractivity contribution in [2.45, 2.75) is 34.1 Å². The fourth-order valence-corrected chi connectivity index (χ4v) is 2.08. The summed E-state index contributed by atoms with van der Waals surface area (Å²) in [7, 11) is 0. The molecule has 2 rings (SSSR count). The molecule has 0 atom stereocenters. The highest BCUT2D eigenvalue weighted by Gasteiger charge is 2.09. The summed E-state index contributed by atoms with van der Waals surface area (Å²) in [4.78, 5) is 11.9. The van der Waals surface area contributed by atoms with E-state index in [2.05, 4.69) is 21.6 Å². The fraction of sp³-hybridized carbons (Fsp3) is 0.375. The zero-order chi connectivity index (χ0) is 15.4. The highest BCUT2D eigenvalue weighted by molar-refractivity contribution is 5.90. The van der Waals surface area contributed by atoms with Gasteiger partial charge in [-0.1, -0.05) is 6.07 Å². The van der Waals surface area contributed by atoms with Gasteiger partial charge in [0.1, 0.15) is 5.75 Å². The molecule has 0 saturated carbocycles. The van der Waals surface area contributed by atoms with Crippen LogP contribution in [0.15, 0.2) is 18.2 Å². The lowest BCUT2D eigenvalue weighted by atomic mass is 10.1. The molecule has 21 heavy (non-hydrogen) atoms. The third-order valence-electron chi connectivity index (χ3n) is 3.30. The Bertz CT molecular complexity index is 627. The van der Waals surface area contributed by atoms with Crippen molar-refractivity contribution in [3.05, 3.63) is 40.6 Å². The number of hydrogen-bond acceptors (Lipinski definition) is 3. The SMILES string of the molecule is Cc1cc(C)cc(OCCC(=O)Nc2n[nH]c(C)c2C)c1. The van der Waals surface area contributed by atoms with E-state index >= 15 is 0 Å². The second kappa shape index (κ2) is 6.43. The highest BCUT2D eigenvalue weighted by Crippen LogP contribution is 2.17. The Morgan fingerprint density at radius 1 is 1.19 bits per heavy atom. The Morgan fingerprint density at radius 3 is 2.43 bits per heavy atom. The van der Waals surface area contributed by atoms with E-state index in [4.69, 9.17) is 4.74 Å². The zero-order valence-corrected chi connectivity index (χ0v) is 12.9. The Labute approximate surface area is 124 Å². The summed E-state index contributed by atoms with van der Waals surface area (Å²) in [5.74, 6) is 1.28. The quantitative estimate of drug-likeness (QED) is 0.888. The van der Waals surface area contributed by atoms with Gasteiger partial charge in [-0.05, 0) is 51.0 Å². The minimum absolute atomic E-state index is 0.103. The third-order valence-corrected chi connectivity index (χ3v) is 3.30. The lowest BCUT2D eigenvalue weighted by Crippen LogP contribution is -2.16. The van der Waals surface area contributed by atoms with Crippen molar-refractivity contribution in [2.75, 3.05) is 11.9 Å². The predicted molar refractivity (Wildman–Crippen MR) is 82.7 cm³/mol. The number of aromatic nitrogens is 2. The topological polar surface area (TPSA) is 67.0 Å². The summed E-state index contributed by atoms with van der Waals surface area (Å²) in [5, 5.41) is 9.67. The summed E-state index contributed by atoms with van der Waals surface area (Å²) in [6.07, 6.45) is 0.290. The molecule has 1 amide bonds. The van der Waals surface area contributed by atoms with Gasteiger partial charge in [0.25, 0.3) is 0 Å². The van der Waals surface area contributed by atoms with Crippen molar-refractivity contribution in [1.29, 1.82) is 0 Å². The number of H-pyrrole nitrogens is 1. The van der Waals surface area contributed by atoms with Gasteiger partial charge < -0.3 is 10.1 Å². The molecule has 0 radical (unpaired) electrons. The first-order valence-electron chi connectivity index (χ1n) is 6.98. The number of aryl methyl sites for hydroxylation is 3. The zero-order valence-electron chi connectivity index (χ0n) is 12.9. The van der Waals surface area contributed by atoms with Crippen LogP contribution in [-0.2, 0) is 4.79 Å². The van der Waals surface area contributed by atoms with E-state index in [-0.39, 0.29) is 5.91 Å². The first-order valence-corrected chi connectivity index (χ1v) is 6.98. The van der Waals surface area contributed by atoms with Crippen LogP contribution in [0, 0.1) is 27.7 Å². The van der Waals surface area contributed by atoms with E-state index in [1.165, 1.54) is 0 Å². The molecule has 0 aliphatic carbocycles. The van der Waals surface area contributed by atoms with Gasteiger partial charge in [0, 0.05) is 11.3 Å². The average molecular weight is 287 g/mol. The molecule has 1 heterocycles. The number of nitrogens with one attached hydrogen (secondary N) is 2. The second-order valence-corrected chi connectivity index (χ2v) is 5.29. The lowest BCUT2D eigenvalue weighted by molar-refractivity contribution is -0.116. The van der Waals surface area contributed by atoms with Gasteiger partial charge in [0.2, 0.25) is 5.91 Å². The molecule has 5 nitrogen and oxygen atoms in total. The molecule has 0 spiro atoms. The third kappa shape index (κ3) is 4.08. The van der Waals surface area contributed by atoms with Crippen molar-refractivity contribution >= 4 is 11.7 Å². The summed E-state index contributed by atoms with van der Waals surface area (Å²) in [5.41, 5.74) is 4.21. The van der Waals surface area contributed by atoms with Crippen molar-refractivity contribution in [1.82, 2.24) is 10.2 Å². The highest BCUT2D eigenvalue weighted by atomic mass is 16.5. The van der Waals surface area contributed by atoms with E-state index in [1.807, 2.05) is 39.8 Å². The van der Waals surface area contributed by atoms with Gasteiger partial charge in [0.05, 0.1) is 13.0 Å². The summed E-state index contributed by atoms with van der Waals surface area (Å²) in [6, 6.07) is 6.01. The number of hydrogen-bond donors (Lipinski definition) is 2. The molecule has 1 aromatic heterocycles. The molecule has 2 aromatic rings. The molecule has 0 aliphatic rings. The predicted octanol–water partition coefficient (Wildman–Crippen LogP) is 3.05. The van der Waals surface area contributed by atoms with Gasteiger partial charge in [0.15, 0.2) is 5.82 Å². The first-order chi connectivity index (χ1) is 9.95. The summed E-state index contributed by atoms with van der Waals surface area (Å²) in [6.45, 7) is 8.23. The number of nitrogens with zero attached hydrogens (tertiary/aromatic N) is 1. The number of ether oxygens (including phenoxy) is 1. The normalized spacial score (nSPS) is 10.5. The molecule has 0 bridgehead atoms. The van der Waals surface area contributed by atoms with Crippen LogP contribution in [-0.4, -0.2) is 22.7 Å². The van der Waals surface area contributed by atoms with Gasteiger partial charge in [-0.25, -0.2) is 0 Å². The van der Waals surface area contributed by atoms with Crippen LogP contribution in [0.2, 0.25) is 0 Å². The molecule has 0 saturated heterocycles. The van der Waals surface area contributed by atoms with Crippen LogP contribution < -0.4 is 10.1 Å². The molecule has 0 aliphatic heterocycles. The fourth-order valence-electron chi connectivity index (χ4n) is 2.08. The van der Waals surface area contributed by atoms with Gasteiger partial charge >= 0.3 is 0 Å². The minimum atomic E-state index is -0.103. The largest absolute Gasteiger partial charge is 0.493 e. The van der Waals surface area contributed by atoms with Crippen LogP contribution in [0.5, 0.6) is 5.75 Å². The van der Waals surface area contributed by atoms with E-state index < -0.39 is 0 Å². The van der Waals surface area contributed by atoms with E-state index in [0.717, 1.165) is 28.1 Å². The molecule has 1 aromatic carbocycles. The van der Waals surface area contributed by atoms with Crippen LogP contribution in [0.1, 0.15) is 28.8 Å². The minimum Gasteiger partial charge on any atom is -0.493 e. The average Bonchev–Trinajstić information content (AvgIpc) is 2.69. The monoisotopic (exact) mass is 287 g/mol. The number of carbonyl (C=O) groups excluding carboxylic acids is 1. The maximum Gasteiger partial charge on any atom is 0.229 e. The Hall–Kier alpha value is -2.30. The van der Waals surface area contributed by atoms with Crippen LogP contribution in [0.4, 0.5) is 5.82 Å². The number of anilines is 1. The number of rotatable bonds is 5. The van der Waals surface area contributed by atoms with Gasteiger partial charge in [-0.3, -0.25) is 9.89 Å². The Kier molecular flexibility index (Phi) is 4.62. The van der Waals surface area contributed by atoms with Crippen molar-refractivity contribution < 1.29 is 9.53 Å². The first kappa shape index (κ1) is 15.1. The van der Waals surface area contributed by atoms with E-state index in [1.54, 1.807) is 0 Å². The number of benzene rings is 1. The molecule has 2 N–H and O–H groups in total. The maximum absolute atomic E-state index is 11.9. The second-order valence-electron chi connectivity index (χ2n) is 5.29.